The Kier molecular flexibility index (Phi) is 7.71. The van der Waals surface area contributed by atoms with Crippen molar-refractivity contribution in [3.05, 3.63) is 53.1 Å². The third-order valence-electron chi connectivity index (χ3n) is 3.57. The molecule has 0 fully saturated rings. The summed E-state index contributed by atoms with van der Waals surface area (Å²) >= 11 is 5.91. The molecule has 2 aromatic rings. The number of nitrogens with one attached hydrogen (secondary N) is 1. The molecule has 0 bridgehead atoms. The Morgan fingerprint density at radius 1 is 1.00 bits per heavy atom. The van der Waals surface area contributed by atoms with Crippen LogP contribution >= 0.6 is 11.6 Å². The van der Waals surface area contributed by atoms with Gasteiger partial charge in [-0.05, 0) is 42.0 Å². The van der Waals surface area contributed by atoms with Gasteiger partial charge in [0, 0.05) is 17.2 Å². The summed E-state index contributed by atoms with van der Waals surface area (Å²) in [6, 6.07) is 9.96. The van der Waals surface area contributed by atoms with Crippen LogP contribution in [0.2, 0.25) is 5.02 Å². The molecule has 0 spiro atoms. The molecule has 2 rings (SSSR count). The van der Waals surface area contributed by atoms with Crippen molar-refractivity contribution in [2.75, 3.05) is 33.3 Å². The van der Waals surface area contributed by atoms with E-state index in [0.29, 0.717) is 33.5 Å². The molecule has 0 aromatic heterocycles. The van der Waals surface area contributed by atoms with E-state index in [9.17, 15) is 9.59 Å². The summed E-state index contributed by atoms with van der Waals surface area (Å²) in [4.78, 5) is 23.9. The highest BCUT2D eigenvalue weighted by Crippen LogP contribution is 2.27. The first-order chi connectivity index (χ1) is 13.4. The van der Waals surface area contributed by atoms with Crippen LogP contribution in [0.1, 0.15) is 5.56 Å². The van der Waals surface area contributed by atoms with Gasteiger partial charge in [0.1, 0.15) is 17.2 Å². The number of esters is 1. The lowest BCUT2D eigenvalue weighted by atomic mass is 10.2. The fourth-order valence-corrected chi connectivity index (χ4v) is 2.41. The monoisotopic (exact) mass is 405 g/mol. The van der Waals surface area contributed by atoms with Crippen molar-refractivity contribution in [2.45, 2.75) is 0 Å². The minimum atomic E-state index is -0.671. The van der Waals surface area contributed by atoms with Gasteiger partial charge in [-0.3, -0.25) is 4.79 Å². The average molecular weight is 406 g/mol. The summed E-state index contributed by atoms with van der Waals surface area (Å²) in [5, 5.41) is 3.01. The summed E-state index contributed by atoms with van der Waals surface area (Å²) in [5.74, 6) is 0.417. The molecule has 1 amide bonds. The van der Waals surface area contributed by atoms with Gasteiger partial charge in [-0.1, -0.05) is 11.6 Å². The van der Waals surface area contributed by atoms with Gasteiger partial charge in [-0.2, -0.15) is 0 Å². The predicted molar refractivity (Wildman–Crippen MR) is 106 cm³/mol. The molecule has 0 atom stereocenters. The number of hydrogen-bond acceptors (Lipinski definition) is 6. The molecule has 7 nitrogen and oxygen atoms in total. The van der Waals surface area contributed by atoms with Crippen molar-refractivity contribution in [3.63, 3.8) is 0 Å². The van der Waals surface area contributed by atoms with Gasteiger partial charge in [-0.15, -0.1) is 0 Å². The molecule has 0 aliphatic heterocycles. The second kappa shape index (κ2) is 10.2. The molecule has 2 aromatic carbocycles. The first kappa shape index (κ1) is 21.1. The van der Waals surface area contributed by atoms with Crippen LogP contribution in [0.5, 0.6) is 17.2 Å². The molecule has 0 aliphatic carbocycles. The fourth-order valence-electron chi connectivity index (χ4n) is 2.24. The molecular weight excluding hydrogens is 386 g/mol. The van der Waals surface area contributed by atoms with E-state index in [1.54, 1.807) is 30.3 Å². The summed E-state index contributed by atoms with van der Waals surface area (Å²) < 4.78 is 20.4. The van der Waals surface area contributed by atoms with Crippen molar-refractivity contribution in [1.82, 2.24) is 0 Å². The van der Waals surface area contributed by atoms with E-state index < -0.39 is 18.5 Å². The Morgan fingerprint density at radius 2 is 1.68 bits per heavy atom. The maximum absolute atomic E-state index is 12.0. The minimum absolute atomic E-state index is 0.384. The quantitative estimate of drug-likeness (QED) is 0.534. The van der Waals surface area contributed by atoms with Crippen LogP contribution in [-0.2, 0) is 14.3 Å². The smallest absolute Gasteiger partial charge is 0.331 e. The maximum Gasteiger partial charge on any atom is 0.331 e. The van der Waals surface area contributed by atoms with Crippen LogP contribution in [0.25, 0.3) is 6.08 Å². The molecule has 28 heavy (non-hydrogen) atoms. The Balaban J connectivity index is 1.93. The molecule has 0 aliphatic rings. The normalized spacial score (nSPS) is 10.4. The van der Waals surface area contributed by atoms with Crippen LogP contribution in [0.3, 0.4) is 0 Å². The zero-order valence-corrected chi connectivity index (χ0v) is 16.4. The van der Waals surface area contributed by atoms with Crippen molar-refractivity contribution in [3.8, 4) is 17.2 Å². The number of ether oxygens (including phenoxy) is 4. The Bertz CT molecular complexity index is 859. The molecule has 0 saturated heterocycles. The maximum atomic E-state index is 12.0. The van der Waals surface area contributed by atoms with Gasteiger partial charge in [-0.25, -0.2) is 4.79 Å². The number of hydrogen-bond donors (Lipinski definition) is 1. The minimum Gasteiger partial charge on any atom is -0.497 e. The van der Waals surface area contributed by atoms with Gasteiger partial charge in [0.05, 0.1) is 27.0 Å². The topological polar surface area (TPSA) is 83.1 Å². The SMILES string of the molecule is COc1cc(/C=C/C(=O)OCC(=O)Nc2cc(Cl)ccc2OC)cc(OC)c1. The highest BCUT2D eigenvalue weighted by molar-refractivity contribution is 6.31. The molecule has 0 saturated carbocycles. The standard InChI is InChI=1S/C20H20ClNO6/c1-25-15-8-13(9-16(11-15)26-2)4-7-20(24)28-12-19(23)22-17-10-14(21)5-6-18(17)27-3/h4-11H,12H2,1-3H3,(H,22,23)/b7-4+. The van der Waals surface area contributed by atoms with Crippen LogP contribution in [-0.4, -0.2) is 39.8 Å². The number of benzene rings is 2. The van der Waals surface area contributed by atoms with Gasteiger partial charge >= 0.3 is 5.97 Å². The summed E-state index contributed by atoms with van der Waals surface area (Å²) in [6.07, 6.45) is 2.74. The van der Waals surface area contributed by atoms with E-state index in [1.165, 1.54) is 39.5 Å². The average Bonchev–Trinajstić information content (AvgIpc) is 2.70. The predicted octanol–water partition coefficient (Wildman–Crippen LogP) is 3.56. The second-order valence-corrected chi connectivity index (χ2v) is 5.92. The second-order valence-electron chi connectivity index (χ2n) is 5.48. The van der Waals surface area contributed by atoms with Crippen molar-refractivity contribution in [1.29, 1.82) is 0 Å². The number of methoxy groups -OCH3 is 3. The number of halogens is 1. The van der Waals surface area contributed by atoms with Crippen molar-refractivity contribution >= 4 is 35.2 Å². The van der Waals surface area contributed by atoms with Gasteiger partial charge in [0.25, 0.3) is 5.91 Å². The molecule has 1 N–H and O–H groups in total. The lowest BCUT2D eigenvalue weighted by Gasteiger charge is -2.10. The van der Waals surface area contributed by atoms with Crippen molar-refractivity contribution in [2.24, 2.45) is 0 Å². The van der Waals surface area contributed by atoms with Crippen LogP contribution in [0, 0.1) is 0 Å². The van der Waals surface area contributed by atoms with E-state index in [2.05, 4.69) is 5.32 Å². The number of anilines is 1. The molecule has 8 heteroatoms. The first-order valence-electron chi connectivity index (χ1n) is 8.16. The number of carbonyl (C=O) groups is 2. The summed E-state index contributed by atoms with van der Waals surface area (Å²) in [7, 11) is 4.53. The van der Waals surface area contributed by atoms with Crippen LogP contribution in [0.4, 0.5) is 5.69 Å². The molecule has 148 valence electrons. The zero-order valence-electron chi connectivity index (χ0n) is 15.7. The lowest BCUT2D eigenvalue weighted by Crippen LogP contribution is -2.20. The van der Waals surface area contributed by atoms with E-state index >= 15 is 0 Å². The molecule has 0 unspecified atom stereocenters. The van der Waals surface area contributed by atoms with Crippen LogP contribution < -0.4 is 19.5 Å². The first-order valence-corrected chi connectivity index (χ1v) is 8.54. The van der Waals surface area contributed by atoms with Gasteiger partial charge in [0.2, 0.25) is 0 Å². The van der Waals surface area contributed by atoms with Crippen LogP contribution in [0.15, 0.2) is 42.5 Å². The molecular formula is C20H20ClNO6. The highest BCUT2D eigenvalue weighted by atomic mass is 35.5. The molecule has 0 radical (unpaired) electrons. The largest absolute Gasteiger partial charge is 0.497 e. The highest BCUT2D eigenvalue weighted by Gasteiger charge is 2.10. The van der Waals surface area contributed by atoms with E-state index in [-0.39, 0.29) is 0 Å². The summed E-state index contributed by atoms with van der Waals surface area (Å²) in [5.41, 5.74) is 1.07. The van der Waals surface area contributed by atoms with E-state index in [4.69, 9.17) is 30.5 Å². The molecule has 0 heterocycles. The van der Waals surface area contributed by atoms with Crippen molar-refractivity contribution < 1.29 is 28.5 Å². The lowest BCUT2D eigenvalue weighted by molar-refractivity contribution is -0.142. The number of rotatable bonds is 8. The van der Waals surface area contributed by atoms with Gasteiger partial charge < -0.3 is 24.3 Å². The Hall–Kier alpha value is -3.19. The Morgan fingerprint density at radius 3 is 2.29 bits per heavy atom. The number of carbonyl (C=O) groups excluding carboxylic acids is 2. The Labute approximate surface area is 167 Å². The fraction of sp³-hybridized carbons (Fsp3) is 0.200. The van der Waals surface area contributed by atoms with E-state index in [0.717, 1.165) is 0 Å². The zero-order chi connectivity index (χ0) is 20.5. The third-order valence-corrected chi connectivity index (χ3v) is 3.80. The third kappa shape index (κ3) is 6.21. The summed E-state index contributed by atoms with van der Waals surface area (Å²) in [6.45, 7) is -0.458. The number of amides is 1. The van der Waals surface area contributed by atoms with Gasteiger partial charge in [0.15, 0.2) is 6.61 Å². The van der Waals surface area contributed by atoms with E-state index in [1.807, 2.05) is 0 Å².